The maximum atomic E-state index is 14.3. The summed E-state index contributed by atoms with van der Waals surface area (Å²) in [7, 11) is 0. The number of fused-ring (bicyclic) bond motifs is 1. The van der Waals surface area contributed by atoms with Crippen molar-refractivity contribution in [3.8, 4) is 11.4 Å². The van der Waals surface area contributed by atoms with Crippen LogP contribution in [0.2, 0.25) is 0 Å². The van der Waals surface area contributed by atoms with E-state index in [1.54, 1.807) is 13.0 Å². The zero-order chi connectivity index (χ0) is 16.4. The van der Waals surface area contributed by atoms with Gasteiger partial charge in [-0.05, 0) is 38.0 Å². The number of hydrogen-bond acceptors (Lipinski definition) is 4. The van der Waals surface area contributed by atoms with Crippen LogP contribution in [-0.4, -0.2) is 26.7 Å². The van der Waals surface area contributed by atoms with Gasteiger partial charge in [-0.1, -0.05) is 6.42 Å². The fourth-order valence-corrected chi connectivity index (χ4v) is 2.71. The maximum absolute atomic E-state index is 14.3. The van der Waals surface area contributed by atoms with Crippen LogP contribution in [0, 0.1) is 5.82 Å². The van der Waals surface area contributed by atoms with E-state index in [-0.39, 0.29) is 36.5 Å². The van der Waals surface area contributed by atoms with Gasteiger partial charge >= 0.3 is 0 Å². The second-order valence-corrected chi connectivity index (χ2v) is 5.87. The molecule has 3 rings (SSSR count). The summed E-state index contributed by atoms with van der Waals surface area (Å²) >= 11 is 0. The molecule has 1 aromatic heterocycles. The van der Waals surface area contributed by atoms with Crippen LogP contribution in [0.4, 0.5) is 10.1 Å². The molecule has 2 aromatic rings. The van der Waals surface area contributed by atoms with Gasteiger partial charge in [0, 0.05) is 18.7 Å². The van der Waals surface area contributed by atoms with E-state index in [1.165, 1.54) is 12.1 Å². The van der Waals surface area contributed by atoms with Gasteiger partial charge in [0.25, 0.3) is 0 Å². The zero-order valence-corrected chi connectivity index (χ0v) is 15.5. The number of carbonyl (C=O) groups is 1. The minimum absolute atomic E-state index is 0. The molecule has 1 atom stereocenters. The average Bonchev–Trinajstić information content (AvgIpc) is 2.77. The lowest BCUT2D eigenvalue weighted by Crippen LogP contribution is -2.32. The summed E-state index contributed by atoms with van der Waals surface area (Å²) in [6, 6.07) is 3.79. The molecule has 0 aliphatic carbocycles. The Morgan fingerprint density at radius 1 is 1.28 bits per heavy atom. The predicted molar refractivity (Wildman–Crippen MR) is 99.7 cm³/mol. The highest BCUT2D eigenvalue weighted by Crippen LogP contribution is 2.27. The van der Waals surface area contributed by atoms with Crippen molar-refractivity contribution in [2.75, 3.05) is 5.32 Å². The standard InChI is InChI=1S/C16H20FN5O.2ClH/c1-10(18)16(23)19-11-6-7-13(17)12(9-11)15-21-20-14-5-3-2-4-8-22(14)15;;/h6-7,9-10H,2-5,8,18H2,1H3,(H,19,23);2*1H. The second kappa shape index (κ2) is 9.12. The van der Waals surface area contributed by atoms with Crippen LogP contribution in [0.1, 0.15) is 32.0 Å². The lowest BCUT2D eigenvalue weighted by atomic mass is 10.1. The predicted octanol–water partition coefficient (Wildman–Crippen LogP) is 2.94. The van der Waals surface area contributed by atoms with Gasteiger partial charge in [0.2, 0.25) is 5.91 Å². The first-order valence-corrected chi connectivity index (χ1v) is 7.84. The number of hydrogen-bond donors (Lipinski definition) is 2. The van der Waals surface area contributed by atoms with Crippen molar-refractivity contribution < 1.29 is 9.18 Å². The fourth-order valence-electron chi connectivity index (χ4n) is 2.71. The zero-order valence-electron chi connectivity index (χ0n) is 13.9. The van der Waals surface area contributed by atoms with Crippen molar-refractivity contribution in [2.24, 2.45) is 5.73 Å². The highest BCUT2D eigenvalue weighted by Gasteiger charge is 2.19. The number of anilines is 1. The van der Waals surface area contributed by atoms with Crippen molar-refractivity contribution in [1.29, 1.82) is 0 Å². The van der Waals surface area contributed by atoms with Gasteiger partial charge in [0.1, 0.15) is 11.6 Å². The normalized spacial score (nSPS) is 14.4. The molecular formula is C16H22Cl2FN5O. The van der Waals surface area contributed by atoms with E-state index in [4.69, 9.17) is 5.73 Å². The molecular weight excluding hydrogens is 368 g/mol. The van der Waals surface area contributed by atoms with Gasteiger partial charge in [-0.15, -0.1) is 35.0 Å². The summed E-state index contributed by atoms with van der Waals surface area (Å²) in [6.07, 6.45) is 4.09. The van der Waals surface area contributed by atoms with Crippen LogP contribution in [0.5, 0.6) is 0 Å². The Labute approximate surface area is 158 Å². The summed E-state index contributed by atoms with van der Waals surface area (Å²) in [6.45, 7) is 2.38. The SMILES string of the molecule is CC(N)C(=O)Nc1ccc(F)c(-c2nnc3n2CCCCC3)c1.Cl.Cl. The van der Waals surface area contributed by atoms with Gasteiger partial charge in [-0.3, -0.25) is 4.79 Å². The van der Waals surface area contributed by atoms with Gasteiger partial charge in [0.15, 0.2) is 5.82 Å². The van der Waals surface area contributed by atoms with E-state index in [0.29, 0.717) is 17.1 Å². The number of aromatic nitrogens is 3. The topological polar surface area (TPSA) is 85.8 Å². The summed E-state index contributed by atoms with van der Waals surface area (Å²) in [5.74, 6) is 0.698. The highest BCUT2D eigenvalue weighted by atomic mass is 35.5. The van der Waals surface area contributed by atoms with Gasteiger partial charge in [-0.2, -0.15) is 0 Å². The monoisotopic (exact) mass is 389 g/mol. The Kier molecular flexibility index (Phi) is 7.79. The molecule has 0 saturated carbocycles. The summed E-state index contributed by atoms with van der Waals surface area (Å²) in [5.41, 5.74) is 6.38. The summed E-state index contributed by atoms with van der Waals surface area (Å²) in [4.78, 5) is 11.7. The molecule has 0 radical (unpaired) electrons. The van der Waals surface area contributed by atoms with Crippen LogP contribution < -0.4 is 11.1 Å². The molecule has 3 N–H and O–H groups in total. The van der Waals surface area contributed by atoms with E-state index in [9.17, 15) is 9.18 Å². The van der Waals surface area contributed by atoms with Crippen LogP contribution >= 0.6 is 24.8 Å². The Morgan fingerprint density at radius 3 is 2.76 bits per heavy atom. The number of carbonyl (C=O) groups excluding carboxylic acids is 1. The smallest absolute Gasteiger partial charge is 0.240 e. The first kappa shape index (κ1) is 21.3. The molecule has 9 heteroatoms. The highest BCUT2D eigenvalue weighted by molar-refractivity contribution is 5.94. The molecule has 0 bridgehead atoms. The number of rotatable bonds is 3. The number of amides is 1. The van der Waals surface area contributed by atoms with Gasteiger partial charge < -0.3 is 15.6 Å². The molecule has 1 unspecified atom stereocenters. The Bertz CT molecular complexity index is 735. The van der Waals surface area contributed by atoms with Gasteiger partial charge in [-0.25, -0.2) is 4.39 Å². The lowest BCUT2D eigenvalue weighted by Gasteiger charge is -2.11. The first-order chi connectivity index (χ1) is 11.1. The minimum atomic E-state index is -0.632. The van der Waals surface area contributed by atoms with Crippen molar-refractivity contribution >= 4 is 36.4 Å². The number of nitrogens with one attached hydrogen (secondary N) is 1. The summed E-state index contributed by atoms with van der Waals surface area (Å²) in [5, 5.41) is 11.0. The van der Waals surface area contributed by atoms with Crippen LogP contribution in [0.3, 0.4) is 0 Å². The Morgan fingerprint density at radius 2 is 2.04 bits per heavy atom. The van der Waals surface area contributed by atoms with Crippen LogP contribution in [0.25, 0.3) is 11.4 Å². The average molecular weight is 390 g/mol. The second-order valence-electron chi connectivity index (χ2n) is 5.87. The number of nitrogens with zero attached hydrogens (tertiary/aromatic N) is 3. The van der Waals surface area contributed by atoms with Crippen LogP contribution in [0.15, 0.2) is 18.2 Å². The molecule has 6 nitrogen and oxygen atoms in total. The molecule has 0 spiro atoms. The molecule has 0 fully saturated rings. The third-order valence-electron chi connectivity index (χ3n) is 4.00. The van der Waals surface area contributed by atoms with Gasteiger partial charge in [0.05, 0.1) is 11.6 Å². The number of nitrogens with two attached hydrogens (primary N) is 1. The van der Waals surface area contributed by atoms with Crippen molar-refractivity contribution in [2.45, 2.75) is 45.2 Å². The molecule has 138 valence electrons. The van der Waals surface area contributed by atoms with E-state index in [0.717, 1.165) is 38.1 Å². The van der Waals surface area contributed by atoms with Crippen molar-refractivity contribution in [3.05, 3.63) is 29.8 Å². The first-order valence-electron chi connectivity index (χ1n) is 7.84. The number of halogens is 3. The largest absolute Gasteiger partial charge is 0.325 e. The molecule has 1 aliphatic rings. The Balaban J connectivity index is 0.00000156. The molecule has 0 saturated heterocycles. The number of aryl methyl sites for hydroxylation is 1. The van der Waals surface area contributed by atoms with Crippen molar-refractivity contribution in [1.82, 2.24) is 14.8 Å². The van der Waals surface area contributed by atoms with E-state index >= 15 is 0 Å². The quantitative estimate of drug-likeness (QED) is 0.844. The molecule has 25 heavy (non-hydrogen) atoms. The molecule has 1 aliphatic heterocycles. The fraction of sp³-hybridized carbons (Fsp3) is 0.438. The van der Waals surface area contributed by atoms with Crippen LogP contribution in [-0.2, 0) is 17.8 Å². The van der Waals surface area contributed by atoms with E-state index in [2.05, 4.69) is 15.5 Å². The minimum Gasteiger partial charge on any atom is -0.325 e. The van der Waals surface area contributed by atoms with E-state index in [1.807, 2.05) is 4.57 Å². The number of benzene rings is 1. The third-order valence-corrected chi connectivity index (χ3v) is 4.00. The molecule has 1 aromatic carbocycles. The van der Waals surface area contributed by atoms with Crippen molar-refractivity contribution in [3.63, 3.8) is 0 Å². The summed E-state index contributed by atoms with van der Waals surface area (Å²) < 4.78 is 16.3. The maximum Gasteiger partial charge on any atom is 0.240 e. The third kappa shape index (κ3) is 4.68. The molecule has 2 heterocycles. The Hall–Kier alpha value is -1.70. The van der Waals surface area contributed by atoms with E-state index < -0.39 is 6.04 Å². The molecule has 1 amide bonds. The lowest BCUT2D eigenvalue weighted by molar-refractivity contribution is -0.117.